The summed E-state index contributed by atoms with van der Waals surface area (Å²) in [6, 6.07) is 16.9. The van der Waals surface area contributed by atoms with Crippen LogP contribution in [0.1, 0.15) is 34.6 Å². The van der Waals surface area contributed by atoms with Crippen LogP contribution in [-0.4, -0.2) is 20.2 Å². The molecule has 0 aliphatic carbocycles. The van der Waals surface area contributed by atoms with Crippen LogP contribution in [0, 0.1) is 13.8 Å². The van der Waals surface area contributed by atoms with Gasteiger partial charge in [0.25, 0.3) is 0 Å². The van der Waals surface area contributed by atoms with Crippen molar-refractivity contribution in [2.45, 2.75) is 26.2 Å². The van der Waals surface area contributed by atoms with Gasteiger partial charge in [-0.05, 0) is 49.4 Å². The van der Waals surface area contributed by atoms with E-state index < -0.39 is 0 Å². The number of benzene rings is 2. The Balaban J connectivity index is 1.68. The summed E-state index contributed by atoms with van der Waals surface area (Å²) >= 11 is 11.2. The summed E-state index contributed by atoms with van der Waals surface area (Å²) in [7, 11) is 0. The summed E-state index contributed by atoms with van der Waals surface area (Å²) < 4.78 is 0. The first-order valence-electron chi connectivity index (χ1n) is 7.87. The number of thiocarbonyl (C=S) groups is 2. The SMILES string of the molecule is Cc1ccc([C@H]2NC(=S)N3[C@@H](c4ccc(C)cc4)NC(=S)N23)cc1. The predicted molar refractivity (Wildman–Crippen MR) is 103 cm³/mol. The normalized spacial score (nSPS) is 22.4. The number of aryl methyl sites for hydroxylation is 2. The molecule has 2 aliphatic rings. The maximum atomic E-state index is 5.59. The summed E-state index contributed by atoms with van der Waals surface area (Å²) in [6.45, 7) is 4.16. The molecule has 0 unspecified atom stereocenters. The first-order valence-corrected chi connectivity index (χ1v) is 8.69. The van der Waals surface area contributed by atoms with Crippen molar-refractivity contribution in [1.82, 2.24) is 20.7 Å². The van der Waals surface area contributed by atoms with Crippen molar-refractivity contribution in [3.8, 4) is 0 Å². The second kappa shape index (κ2) is 5.72. The van der Waals surface area contributed by atoms with Crippen molar-refractivity contribution in [2.24, 2.45) is 0 Å². The van der Waals surface area contributed by atoms with Crippen molar-refractivity contribution in [3.05, 3.63) is 70.8 Å². The lowest BCUT2D eigenvalue weighted by atomic mass is 10.1. The fraction of sp³-hybridized carbons (Fsp3) is 0.222. The molecule has 2 aromatic rings. The summed E-state index contributed by atoms with van der Waals surface area (Å²) in [4.78, 5) is 0. The van der Waals surface area contributed by atoms with E-state index in [0.29, 0.717) is 10.2 Å². The van der Waals surface area contributed by atoms with Gasteiger partial charge in [0.05, 0.1) is 0 Å². The van der Waals surface area contributed by atoms with E-state index in [0.717, 1.165) is 11.1 Å². The first kappa shape index (κ1) is 15.4. The molecule has 0 aromatic heterocycles. The van der Waals surface area contributed by atoms with Gasteiger partial charge in [0.2, 0.25) is 0 Å². The van der Waals surface area contributed by atoms with Crippen LogP contribution in [-0.2, 0) is 0 Å². The molecule has 0 radical (unpaired) electrons. The molecule has 4 rings (SSSR count). The van der Waals surface area contributed by atoms with E-state index in [1.54, 1.807) is 0 Å². The molecule has 2 heterocycles. The first-order chi connectivity index (χ1) is 11.5. The maximum Gasteiger partial charge on any atom is 0.192 e. The second-order valence-corrected chi connectivity index (χ2v) is 6.99. The highest BCUT2D eigenvalue weighted by Gasteiger charge is 2.47. The lowest BCUT2D eigenvalue weighted by molar-refractivity contribution is 0.114. The monoisotopic (exact) mass is 354 g/mol. The smallest absolute Gasteiger partial charge is 0.192 e. The van der Waals surface area contributed by atoms with Crippen LogP contribution in [0.25, 0.3) is 0 Å². The molecular formula is C18H18N4S2. The number of hydrazine groups is 1. The van der Waals surface area contributed by atoms with Gasteiger partial charge in [-0.25, -0.2) is 10.0 Å². The highest BCUT2D eigenvalue weighted by atomic mass is 32.1. The van der Waals surface area contributed by atoms with E-state index in [1.165, 1.54) is 11.1 Å². The average molecular weight is 355 g/mol. The molecular weight excluding hydrogens is 336 g/mol. The molecule has 6 heteroatoms. The Morgan fingerprint density at radius 3 is 1.33 bits per heavy atom. The highest BCUT2D eigenvalue weighted by Crippen LogP contribution is 2.36. The van der Waals surface area contributed by atoms with E-state index in [2.05, 4.69) is 73.0 Å². The molecule has 2 fully saturated rings. The molecule has 0 saturated carbocycles. The number of hydrogen-bond acceptors (Lipinski definition) is 2. The van der Waals surface area contributed by atoms with Gasteiger partial charge in [0.1, 0.15) is 12.3 Å². The van der Waals surface area contributed by atoms with E-state index in [-0.39, 0.29) is 12.3 Å². The summed E-state index contributed by atoms with van der Waals surface area (Å²) in [5.74, 6) is 0. The molecule has 2 aliphatic heterocycles. The Morgan fingerprint density at radius 2 is 1.00 bits per heavy atom. The molecule has 24 heavy (non-hydrogen) atoms. The fourth-order valence-corrected chi connectivity index (χ4v) is 3.72. The molecule has 122 valence electrons. The van der Waals surface area contributed by atoms with Crippen molar-refractivity contribution in [3.63, 3.8) is 0 Å². The second-order valence-electron chi connectivity index (χ2n) is 6.21. The topological polar surface area (TPSA) is 30.5 Å². The highest BCUT2D eigenvalue weighted by molar-refractivity contribution is 7.80. The van der Waals surface area contributed by atoms with Gasteiger partial charge in [-0.15, -0.1) is 0 Å². The summed E-state index contributed by atoms with van der Waals surface area (Å²) in [6.07, 6.45) is -0.151. The Bertz CT molecular complexity index is 731. The van der Waals surface area contributed by atoms with Crippen LogP contribution < -0.4 is 10.6 Å². The van der Waals surface area contributed by atoms with Crippen LogP contribution in [0.4, 0.5) is 0 Å². The van der Waals surface area contributed by atoms with Gasteiger partial charge in [0.15, 0.2) is 10.2 Å². The quantitative estimate of drug-likeness (QED) is 0.805. The lowest BCUT2D eigenvalue weighted by Gasteiger charge is -2.26. The van der Waals surface area contributed by atoms with Crippen LogP contribution in [0.2, 0.25) is 0 Å². The molecule has 2 N–H and O–H groups in total. The number of rotatable bonds is 2. The third kappa shape index (κ3) is 2.42. The number of nitrogens with zero attached hydrogens (tertiary/aromatic N) is 2. The van der Waals surface area contributed by atoms with E-state index in [1.807, 2.05) is 10.0 Å². The van der Waals surface area contributed by atoms with Crippen LogP contribution in [0.3, 0.4) is 0 Å². The Labute approximate surface area is 152 Å². The van der Waals surface area contributed by atoms with E-state index in [4.69, 9.17) is 24.4 Å². The van der Waals surface area contributed by atoms with E-state index in [9.17, 15) is 0 Å². The van der Waals surface area contributed by atoms with E-state index >= 15 is 0 Å². The Kier molecular flexibility index (Phi) is 3.66. The standard InChI is InChI=1S/C18H18N4S2/c1-11-3-7-13(8-4-11)15-19-17(23)22-16(20-18(24)21(15)22)14-9-5-12(2)6-10-14/h3-10,15-16H,1-2H3,(H,19,23)(H,20,24)/t15-,16-/m0/s1. The minimum absolute atomic E-state index is 0.0754. The number of fused-ring (bicyclic) bond motifs is 1. The van der Waals surface area contributed by atoms with Crippen LogP contribution >= 0.6 is 24.4 Å². The Hall–Kier alpha value is -2.18. The zero-order chi connectivity index (χ0) is 16.8. The minimum Gasteiger partial charge on any atom is -0.336 e. The van der Waals surface area contributed by atoms with Gasteiger partial charge in [-0.1, -0.05) is 59.7 Å². The van der Waals surface area contributed by atoms with Crippen LogP contribution in [0.15, 0.2) is 48.5 Å². The third-order valence-electron chi connectivity index (χ3n) is 4.44. The van der Waals surface area contributed by atoms with Crippen LogP contribution in [0.5, 0.6) is 0 Å². The van der Waals surface area contributed by atoms with Gasteiger partial charge in [-0.2, -0.15) is 0 Å². The maximum absolute atomic E-state index is 5.59. The lowest BCUT2D eigenvalue weighted by Crippen LogP contribution is -2.36. The molecule has 2 aromatic carbocycles. The largest absolute Gasteiger partial charge is 0.336 e. The average Bonchev–Trinajstić information content (AvgIpc) is 3.08. The Morgan fingerprint density at radius 1 is 0.667 bits per heavy atom. The van der Waals surface area contributed by atoms with Crippen molar-refractivity contribution in [1.29, 1.82) is 0 Å². The van der Waals surface area contributed by atoms with Gasteiger partial charge in [-0.3, -0.25) is 0 Å². The minimum atomic E-state index is -0.0754. The third-order valence-corrected chi connectivity index (χ3v) is 5.05. The fourth-order valence-electron chi connectivity index (χ4n) is 3.11. The predicted octanol–water partition coefficient (Wildman–Crippen LogP) is 3.30. The van der Waals surface area contributed by atoms with Crippen molar-refractivity contribution < 1.29 is 0 Å². The molecule has 0 amide bonds. The summed E-state index contributed by atoms with van der Waals surface area (Å²) in [5.41, 5.74) is 4.74. The number of hydrogen-bond donors (Lipinski definition) is 2. The molecule has 2 saturated heterocycles. The van der Waals surface area contributed by atoms with Gasteiger partial charge >= 0.3 is 0 Å². The van der Waals surface area contributed by atoms with Gasteiger partial charge < -0.3 is 10.6 Å². The summed E-state index contributed by atoms with van der Waals surface area (Å²) in [5, 5.41) is 12.2. The van der Waals surface area contributed by atoms with Crippen molar-refractivity contribution >= 4 is 34.7 Å². The zero-order valence-corrected chi connectivity index (χ0v) is 15.1. The molecule has 2 atom stereocenters. The van der Waals surface area contributed by atoms with Crippen molar-refractivity contribution in [2.75, 3.05) is 0 Å². The zero-order valence-electron chi connectivity index (χ0n) is 13.5. The molecule has 0 bridgehead atoms. The molecule has 0 spiro atoms. The number of nitrogens with one attached hydrogen (secondary N) is 2. The van der Waals surface area contributed by atoms with Gasteiger partial charge in [0, 0.05) is 0 Å². The molecule has 4 nitrogen and oxygen atoms in total.